The summed E-state index contributed by atoms with van der Waals surface area (Å²) in [4.78, 5) is 12.5. The first-order chi connectivity index (χ1) is 11.6. The van der Waals surface area contributed by atoms with Crippen LogP contribution in [0.15, 0.2) is 29.4 Å². The first kappa shape index (κ1) is 15.7. The van der Waals surface area contributed by atoms with Crippen molar-refractivity contribution in [3.8, 4) is 0 Å². The number of nitrogens with zero attached hydrogens (tertiary/aromatic N) is 3. The van der Waals surface area contributed by atoms with Gasteiger partial charge in [-0.15, -0.1) is 10.2 Å². The van der Waals surface area contributed by atoms with Gasteiger partial charge in [-0.1, -0.05) is 29.5 Å². The van der Waals surface area contributed by atoms with E-state index in [1.807, 2.05) is 38.1 Å². The number of hydrogen-bond acceptors (Lipinski definition) is 4. The Bertz CT molecular complexity index is 747. The zero-order chi connectivity index (χ0) is 16.7. The lowest BCUT2D eigenvalue weighted by Crippen LogP contribution is -2.23. The number of hydrogen-bond donors (Lipinski definition) is 1. The van der Waals surface area contributed by atoms with Crippen LogP contribution in [0.2, 0.25) is 0 Å². The molecule has 4 rings (SSSR count). The Morgan fingerprint density at radius 2 is 1.92 bits per heavy atom. The largest absolute Gasteiger partial charge is 0.325 e. The standard InChI is InChI=1S/C18H22N4OS/c1-11-3-7-14(8-4-11)19-17(23)12(2)24-18-21-20-16(13-5-6-13)22(18)15-9-10-15/h3-4,7-8,12-13,15H,5-6,9-10H2,1-2H3,(H,19,23)/t12-/m1/s1. The summed E-state index contributed by atoms with van der Waals surface area (Å²) in [6.07, 6.45) is 4.85. The molecule has 126 valence electrons. The zero-order valence-corrected chi connectivity index (χ0v) is 14.8. The number of rotatable bonds is 6. The monoisotopic (exact) mass is 342 g/mol. The third-order valence-corrected chi connectivity index (χ3v) is 5.57. The van der Waals surface area contributed by atoms with Gasteiger partial charge in [0.15, 0.2) is 5.16 Å². The quantitative estimate of drug-likeness (QED) is 0.808. The van der Waals surface area contributed by atoms with Gasteiger partial charge in [0.25, 0.3) is 0 Å². The molecule has 1 N–H and O–H groups in total. The van der Waals surface area contributed by atoms with Gasteiger partial charge in [-0.2, -0.15) is 0 Å². The first-order valence-corrected chi connectivity index (χ1v) is 9.49. The highest BCUT2D eigenvalue weighted by atomic mass is 32.2. The lowest BCUT2D eigenvalue weighted by Gasteiger charge is -2.13. The van der Waals surface area contributed by atoms with Crippen LogP contribution in [-0.2, 0) is 4.79 Å². The van der Waals surface area contributed by atoms with Crippen molar-refractivity contribution >= 4 is 23.4 Å². The molecule has 2 aromatic rings. The molecule has 24 heavy (non-hydrogen) atoms. The van der Waals surface area contributed by atoms with Crippen molar-refractivity contribution in [3.63, 3.8) is 0 Å². The van der Waals surface area contributed by atoms with Crippen molar-refractivity contribution in [2.75, 3.05) is 5.32 Å². The maximum Gasteiger partial charge on any atom is 0.237 e. The van der Waals surface area contributed by atoms with E-state index in [1.165, 1.54) is 43.0 Å². The Balaban J connectivity index is 1.44. The summed E-state index contributed by atoms with van der Waals surface area (Å²) in [6, 6.07) is 8.41. The molecule has 2 fully saturated rings. The normalized spacial score (nSPS) is 18.4. The van der Waals surface area contributed by atoms with Gasteiger partial charge in [-0.25, -0.2) is 0 Å². The van der Waals surface area contributed by atoms with Gasteiger partial charge in [0, 0.05) is 17.6 Å². The number of carbonyl (C=O) groups is 1. The van der Waals surface area contributed by atoms with Crippen LogP contribution >= 0.6 is 11.8 Å². The van der Waals surface area contributed by atoms with Crippen LogP contribution in [0.25, 0.3) is 0 Å². The molecule has 1 atom stereocenters. The van der Waals surface area contributed by atoms with Crippen molar-refractivity contribution in [1.82, 2.24) is 14.8 Å². The summed E-state index contributed by atoms with van der Waals surface area (Å²) in [6.45, 7) is 3.96. The highest BCUT2D eigenvalue weighted by molar-refractivity contribution is 8.00. The lowest BCUT2D eigenvalue weighted by molar-refractivity contribution is -0.115. The number of amides is 1. The summed E-state index contributed by atoms with van der Waals surface area (Å²) < 4.78 is 2.29. The second-order valence-electron chi connectivity index (χ2n) is 6.83. The molecule has 2 aliphatic carbocycles. The fraction of sp³-hybridized carbons (Fsp3) is 0.500. The van der Waals surface area contributed by atoms with Gasteiger partial charge < -0.3 is 9.88 Å². The number of benzene rings is 1. The van der Waals surface area contributed by atoms with Crippen LogP contribution in [0.1, 0.15) is 56.0 Å². The van der Waals surface area contributed by atoms with Gasteiger partial charge in [-0.05, 0) is 51.7 Å². The Labute approximate surface area is 146 Å². The van der Waals surface area contributed by atoms with Gasteiger partial charge in [0.1, 0.15) is 5.82 Å². The summed E-state index contributed by atoms with van der Waals surface area (Å²) in [5.74, 6) is 1.72. The SMILES string of the molecule is Cc1ccc(NC(=O)[C@@H](C)Sc2nnc(C3CC3)n2C2CC2)cc1. The molecule has 0 saturated heterocycles. The highest BCUT2D eigenvalue weighted by Crippen LogP contribution is 2.46. The minimum Gasteiger partial charge on any atom is -0.325 e. The number of thioether (sulfide) groups is 1. The van der Waals surface area contributed by atoms with Gasteiger partial charge >= 0.3 is 0 Å². The Morgan fingerprint density at radius 1 is 1.21 bits per heavy atom. The molecule has 2 saturated carbocycles. The minimum absolute atomic E-state index is 0.00201. The first-order valence-electron chi connectivity index (χ1n) is 8.61. The van der Waals surface area contributed by atoms with E-state index in [2.05, 4.69) is 20.1 Å². The van der Waals surface area contributed by atoms with E-state index in [0.29, 0.717) is 12.0 Å². The van der Waals surface area contributed by atoms with Crippen molar-refractivity contribution in [3.05, 3.63) is 35.7 Å². The van der Waals surface area contributed by atoms with E-state index in [9.17, 15) is 4.79 Å². The average molecular weight is 342 g/mol. The molecule has 0 radical (unpaired) electrons. The van der Waals surface area contributed by atoms with E-state index in [0.717, 1.165) is 16.7 Å². The van der Waals surface area contributed by atoms with Crippen LogP contribution < -0.4 is 5.32 Å². The average Bonchev–Trinajstić information content (AvgIpc) is 3.49. The van der Waals surface area contributed by atoms with Crippen LogP contribution in [0.4, 0.5) is 5.69 Å². The Hall–Kier alpha value is -1.82. The van der Waals surface area contributed by atoms with Crippen LogP contribution in [0.5, 0.6) is 0 Å². The molecule has 1 aromatic carbocycles. The van der Waals surface area contributed by atoms with Crippen molar-refractivity contribution in [2.45, 2.75) is 61.9 Å². The molecule has 1 heterocycles. The lowest BCUT2D eigenvalue weighted by atomic mass is 10.2. The molecular formula is C18H22N4OS. The third kappa shape index (κ3) is 3.34. The summed E-state index contributed by atoms with van der Waals surface area (Å²) in [7, 11) is 0. The zero-order valence-electron chi connectivity index (χ0n) is 14.0. The fourth-order valence-electron chi connectivity index (χ4n) is 2.76. The summed E-state index contributed by atoms with van der Waals surface area (Å²) in [5, 5.41) is 12.4. The molecule has 0 unspecified atom stereocenters. The molecule has 6 heteroatoms. The molecule has 1 amide bonds. The van der Waals surface area contributed by atoms with Gasteiger partial charge in [0.2, 0.25) is 5.91 Å². The van der Waals surface area contributed by atoms with Gasteiger partial charge in [-0.3, -0.25) is 4.79 Å². The fourth-order valence-corrected chi connectivity index (χ4v) is 3.68. The number of aromatic nitrogens is 3. The second kappa shape index (κ2) is 6.24. The Kier molecular flexibility index (Phi) is 4.08. The molecule has 0 aliphatic heterocycles. The predicted molar refractivity (Wildman–Crippen MR) is 95.4 cm³/mol. The van der Waals surface area contributed by atoms with Crippen molar-refractivity contribution in [2.24, 2.45) is 0 Å². The minimum atomic E-state index is -0.208. The molecule has 2 aliphatic rings. The van der Waals surface area contributed by atoms with E-state index < -0.39 is 0 Å². The van der Waals surface area contributed by atoms with Crippen molar-refractivity contribution in [1.29, 1.82) is 0 Å². The molecule has 5 nitrogen and oxygen atoms in total. The van der Waals surface area contributed by atoms with E-state index >= 15 is 0 Å². The second-order valence-corrected chi connectivity index (χ2v) is 8.14. The third-order valence-electron chi connectivity index (χ3n) is 4.52. The number of carbonyl (C=O) groups excluding carboxylic acids is 1. The molecule has 0 spiro atoms. The Morgan fingerprint density at radius 3 is 2.54 bits per heavy atom. The number of aryl methyl sites for hydroxylation is 1. The molecule has 0 bridgehead atoms. The maximum absolute atomic E-state index is 12.5. The molecular weight excluding hydrogens is 320 g/mol. The number of anilines is 1. The number of nitrogens with one attached hydrogen (secondary N) is 1. The van der Waals surface area contributed by atoms with E-state index in [4.69, 9.17) is 0 Å². The topological polar surface area (TPSA) is 59.8 Å². The predicted octanol–water partition coefficient (Wildman–Crippen LogP) is 3.92. The van der Waals surface area contributed by atoms with Crippen molar-refractivity contribution < 1.29 is 4.79 Å². The smallest absolute Gasteiger partial charge is 0.237 e. The van der Waals surface area contributed by atoms with Gasteiger partial charge in [0.05, 0.1) is 5.25 Å². The summed E-state index contributed by atoms with van der Waals surface area (Å²) >= 11 is 1.51. The van der Waals surface area contributed by atoms with Crippen LogP contribution in [0.3, 0.4) is 0 Å². The van der Waals surface area contributed by atoms with Crippen LogP contribution in [-0.4, -0.2) is 25.9 Å². The summed E-state index contributed by atoms with van der Waals surface area (Å²) in [5.41, 5.74) is 2.01. The highest BCUT2D eigenvalue weighted by Gasteiger charge is 2.37. The van der Waals surface area contributed by atoms with Crippen LogP contribution in [0, 0.1) is 6.92 Å². The van der Waals surface area contributed by atoms with E-state index in [1.54, 1.807) is 0 Å². The molecule has 1 aromatic heterocycles. The maximum atomic E-state index is 12.5. The van der Waals surface area contributed by atoms with E-state index in [-0.39, 0.29) is 11.2 Å².